The van der Waals surface area contributed by atoms with Crippen LogP contribution in [-0.2, 0) is 10.2 Å². The number of carboxylic acids is 1. The molecule has 2 N–H and O–H groups in total. The zero-order chi connectivity index (χ0) is 17.2. The van der Waals surface area contributed by atoms with Gasteiger partial charge in [-0.05, 0) is 53.8 Å². The smallest absolute Gasteiger partial charge is 0.311 e. The molecule has 0 spiro atoms. The second-order valence-electron chi connectivity index (χ2n) is 7.46. The number of H-pyrrole nitrogens is 1. The second-order valence-corrected chi connectivity index (χ2v) is 8.67. The minimum atomic E-state index is -0.641. The van der Waals surface area contributed by atoms with Gasteiger partial charge in [-0.3, -0.25) is 4.79 Å². The number of methoxy groups -OCH3 is 1. The number of carboxylic acid groups (broad SMARTS) is 1. The molecule has 2 aromatic rings. The van der Waals surface area contributed by atoms with E-state index in [0.717, 1.165) is 30.8 Å². The molecule has 0 amide bonds. The molecule has 1 saturated heterocycles. The van der Waals surface area contributed by atoms with Crippen molar-refractivity contribution < 1.29 is 14.6 Å². The first-order valence-corrected chi connectivity index (χ1v) is 9.86. The summed E-state index contributed by atoms with van der Waals surface area (Å²) < 4.78 is 5.33. The molecule has 4 unspecified atom stereocenters. The van der Waals surface area contributed by atoms with E-state index in [2.05, 4.69) is 23.3 Å². The van der Waals surface area contributed by atoms with Gasteiger partial charge in [0.15, 0.2) is 0 Å². The summed E-state index contributed by atoms with van der Waals surface area (Å²) in [4.78, 5) is 15.8. The lowest BCUT2D eigenvalue weighted by Crippen LogP contribution is -2.60. The molecule has 5 heteroatoms. The number of benzene rings is 1. The Kier molecular flexibility index (Phi) is 3.12. The Morgan fingerprint density at radius 3 is 2.80 bits per heavy atom. The highest BCUT2D eigenvalue weighted by molar-refractivity contribution is 8.00. The van der Waals surface area contributed by atoms with Gasteiger partial charge in [-0.2, -0.15) is 11.8 Å². The predicted octanol–water partition coefficient (Wildman–Crippen LogP) is 3.78. The van der Waals surface area contributed by atoms with Crippen LogP contribution in [0, 0.1) is 5.41 Å². The van der Waals surface area contributed by atoms with Crippen LogP contribution >= 0.6 is 11.8 Å². The van der Waals surface area contributed by atoms with Gasteiger partial charge in [0.05, 0.1) is 12.5 Å². The maximum atomic E-state index is 12.5. The standard InChI is InChI=1S/C20H21NO3S/c1-24-13-4-2-12(3-5-13)19-7-6-15(14-10-21-11-16(14)19)20(18(22)23)8-9-25-17(19)20/h2-5,10-11,15,17,21H,6-9H2,1H3,(H,22,23). The first kappa shape index (κ1) is 15.4. The van der Waals surface area contributed by atoms with Crippen molar-refractivity contribution in [2.45, 2.75) is 35.8 Å². The summed E-state index contributed by atoms with van der Waals surface area (Å²) in [6, 6.07) is 8.26. The van der Waals surface area contributed by atoms with E-state index >= 15 is 0 Å². The molecular weight excluding hydrogens is 334 g/mol. The van der Waals surface area contributed by atoms with E-state index in [1.807, 2.05) is 30.1 Å². The Labute approximate surface area is 151 Å². The largest absolute Gasteiger partial charge is 0.497 e. The highest BCUT2D eigenvalue weighted by Gasteiger charge is 2.69. The van der Waals surface area contributed by atoms with E-state index in [1.54, 1.807) is 7.11 Å². The molecule has 4 aliphatic rings. The summed E-state index contributed by atoms with van der Waals surface area (Å²) in [6.07, 6.45) is 6.88. The summed E-state index contributed by atoms with van der Waals surface area (Å²) in [5, 5.41) is 10.4. The minimum Gasteiger partial charge on any atom is -0.497 e. The minimum absolute atomic E-state index is 0.0907. The molecule has 25 heavy (non-hydrogen) atoms. The molecule has 1 aromatic carbocycles. The molecular formula is C20H21NO3S. The van der Waals surface area contributed by atoms with Gasteiger partial charge < -0.3 is 14.8 Å². The normalized spacial score (nSPS) is 35.2. The zero-order valence-corrected chi connectivity index (χ0v) is 14.9. The Morgan fingerprint density at radius 1 is 1.28 bits per heavy atom. The van der Waals surface area contributed by atoms with Gasteiger partial charge in [0.2, 0.25) is 0 Å². The molecule has 6 rings (SSSR count). The molecule has 3 aliphatic carbocycles. The highest BCUT2D eigenvalue weighted by atomic mass is 32.2. The van der Waals surface area contributed by atoms with Crippen molar-refractivity contribution in [2.24, 2.45) is 5.41 Å². The fourth-order valence-electron chi connectivity index (χ4n) is 5.79. The number of fused-ring (bicyclic) bond motifs is 1. The number of carbonyl (C=O) groups is 1. The average molecular weight is 355 g/mol. The van der Waals surface area contributed by atoms with Crippen molar-refractivity contribution in [3.63, 3.8) is 0 Å². The lowest BCUT2D eigenvalue weighted by Gasteiger charge is -2.58. The van der Waals surface area contributed by atoms with Gasteiger partial charge in [0.1, 0.15) is 5.75 Å². The summed E-state index contributed by atoms with van der Waals surface area (Å²) in [6.45, 7) is 0. The Bertz CT molecular complexity index is 845. The van der Waals surface area contributed by atoms with Crippen LogP contribution in [-0.4, -0.2) is 34.2 Å². The number of aromatic amines is 1. The lowest BCUT2D eigenvalue weighted by atomic mass is 9.46. The molecule has 1 aliphatic heterocycles. The van der Waals surface area contributed by atoms with Crippen molar-refractivity contribution in [3.05, 3.63) is 53.3 Å². The van der Waals surface area contributed by atoms with E-state index in [4.69, 9.17) is 4.74 Å². The number of rotatable bonds is 3. The molecule has 1 saturated carbocycles. The second kappa shape index (κ2) is 5.07. The molecule has 2 bridgehead atoms. The summed E-state index contributed by atoms with van der Waals surface area (Å²) in [5.41, 5.74) is 2.89. The monoisotopic (exact) mass is 355 g/mol. The van der Waals surface area contributed by atoms with Gasteiger partial charge in [-0.25, -0.2) is 0 Å². The van der Waals surface area contributed by atoms with Gasteiger partial charge >= 0.3 is 5.97 Å². The number of nitrogens with one attached hydrogen (secondary N) is 1. The van der Waals surface area contributed by atoms with Crippen LogP contribution in [0.4, 0.5) is 0 Å². The molecule has 130 valence electrons. The first-order valence-electron chi connectivity index (χ1n) is 8.81. The van der Waals surface area contributed by atoms with Crippen molar-refractivity contribution in [1.82, 2.24) is 4.98 Å². The van der Waals surface area contributed by atoms with Crippen LogP contribution in [0.2, 0.25) is 0 Å². The van der Waals surface area contributed by atoms with E-state index in [9.17, 15) is 9.90 Å². The van der Waals surface area contributed by atoms with Gasteiger partial charge in [0.25, 0.3) is 0 Å². The van der Waals surface area contributed by atoms with Crippen LogP contribution < -0.4 is 4.74 Å². The third-order valence-electron chi connectivity index (χ3n) is 6.80. The number of ether oxygens (including phenoxy) is 1. The average Bonchev–Trinajstić information content (AvgIpc) is 3.31. The quantitative estimate of drug-likeness (QED) is 0.880. The molecule has 4 nitrogen and oxygen atoms in total. The number of thioether (sulfide) groups is 1. The van der Waals surface area contributed by atoms with Crippen LogP contribution in [0.3, 0.4) is 0 Å². The Morgan fingerprint density at radius 2 is 2.08 bits per heavy atom. The molecule has 0 radical (unpaired) electrons. The first-order chi connectivity index (χ1) is 12.1. The molecule has 2 fully saturated rings. The summed E-state index contributed by atoms with van der Waals surface area (Å²) in [5.74, 6) is 1.28. The summed E-state index contributed by atoms with van der Waals surface area (Å²) >= 11 is 1.86. The topological polar surface area (TPSA) is 62.3 Å². The van der Waals surface area contributed by atoms with E-state index in [1.165, 1.54) is 16.7 Å². The van der Waals surface area contributed by atoms with E-state index in [0.29, 0.717) is 0 Å². The lowest BCUT2D eigenvalue weighted by molar-refractivity contribution is -0.153. The number of aromatic nitrogens is 1. The predicted molar refractivity (Wildman–Crippen MR) is 97.5 cm³/mol. The maximum absolute atomic E-state index is 12.5. The van der Waals surface area contributed by atoms with Crippen molar-refractivity contribution in [1.29, 1.82) is 0 Å². The third-order valence-corrected chi connectivity index (χ3v) is 8.40. The molecule has 2 heterocycles. The highest BCUT2D eigenvalue weighted by Crippen LogP contribution is 2.70. The van der Waals surface area contributed by atoms with E-state index < -0.39 is 11.4 Å². The Balaban J connectivity index is 1.78. The fourth-order valence-corrected chi connectivity index (χ4v) is 7.83. The fraction of sp³-hybridized carbons (Fsp3) is 0.450. The Hall–Kier alpha value is -1.88. The van der Waals surface area contributed by atoms with Gasteiger partial charge in [0, 0.05) is 29.0 Å². The SMILES string of the molecule is COc1ccc(C23CCC(c4c[nH]cc42)C2(C(=O)O)CCSC32)cc1. The number of aliphatic carboxylic acids is 1. The molecule has 1 aromatic heterocycles. The number of hydrogen-bond donors (Lipinski definition) is 2. The van der Waals surface area contributed by atoms with Gasteiger partial charge in [-0.1, -0.05) is 12.1 Å². The van der Waals surface area contributed by atoms with Crippen molar-refractivity contribution >= 4 is 17.7 Å². The molecule has 4 atom stereocenters. The van der Waals surface area contributed by atoms with Crippen LogP contribution in [0.5, 0.6) is 5.75 Å². The van der Waals surface area contributed by atoms with Crippen molar-refractivity contribution in [3.8, 4) is 5.75 Å². The van der Waals surface area contributed by atoms with Gasteiger partial charge in [-0.15, -0.1) is 0 Å². The summed E-state index contributed by atoms with van der Waals surface area (Å²) in [7, 11) is 1.67. The van der Waals surface area contributed by atoms with Crippen LogP contribution in [0.15, 0.2) is 36.7 Å². The number of hydrogen-bond acceptors (Lipinski definition) is 3. The van der Waals surface area contributed by atoms with Crippen LogP contribution in [0.1, 0.15) is 41.9 Å². The third kappa shape index (κ3) is 1.67. The zero-order valence-electron chi connectivity index (χ0n) is 14.1. The van der Waals surface area contributed by atoms with E-state index in [-0.39, 0.29) is 16.6 Å². The maximum Gasteiger partial charge on any atom is 0.311 e. The van der Waals surface area contributed by atoms with Crippen molar-refractivity contribution in [2.75, 3.05) is 12.9 Å². The van der Waals surface area contributed by atoms with Crippen LogP contribution in [0.25, 0.3) is 0 Å².